The van der Waals surface area contributed by atoms with Crippen molar-refractivity contribution in [3.8, 4) is 5.75 Å². The molecule has 1 fully saturated rings. The van der Waals surface area contributed by atoms with Crippen LogP contribution in [0.15, 0.2) is 41.3 Å². The number of halogens is 1. The Morgan fingerprint density at radius 2 is 2.14 bits per heavy atom. The van der Waals surface area contributed by atoms with Crippen LogP contribution in [0.4, 0.5) is 10.2 Å². The van der Waals surface area contributed by atoms with Crippen molar-refractivity contribution in [3.63, 3.8) is 0 Å². The molecule has 0 saturated carbocycles. The number of benzene rings is 1. The summed E-state index contributed by atoms with van der Waals surface area (Å²) in [6, 6.07) is 8.08. The zero-order chi connectivity index (χ0) is 24.4. The molecular weight excluding hydrogens is 455 g/mol. The van der Waals surface area contributed by atoms with Gasteiger partial charge in [0.15, 0.2) is 18.2 Å². The normalized spacial score (nSPS) is 20.3. The molecule has 2 aliphatic rings. The Hall–Kier alpha value is -3.41. The maximum Gasteiger partial charge on any atom is 0.269 e. The molecule has 5 rings (SSSR count). The van der Waals surface area contributed by atoms with E-state index in [4.69, 9.17) is 9.47 Å². The molecule has 0 spiro atoms. The number of rotatable bonds is 7. The molecule has 184 valence electrons. The molecule has 2 atom stereocenters. The number of nitrogens with zero attached hydrogens (tertiary/aromatic N) is 4. The summed E-state index contributed by atoms with van der Waals surface area (Å²) < 4.78 is 26.5. The molecule has 10 nitrogen and oxygen atoms in total. The standard InChI is InChI=1S/C24H27FN6O4/c1-34-21-13-30(8-9-31-19-10-15(25)2-4-17(19)27-12-23(31)33)7-6-18(21)26-11-16-3-5-20-24(28-16)29-22(32)14-35-20/h2-5,10,12,18,21,26H,6-9,11,13-14H2,1H3,(H,28,29,32). The lowest BCUT2D eigenvalue weighted by molar-refractivity contribution is -0.118. The summed E-state index contributed by atoms with van der Waals surface area (Å²) >= 11 is 0. The van der Waals surface area contributed by atoms with Crippen molar-refractivity contribution in [2.45, 2.75) is 31.7 Å². The molecule has 35 heavy (non-hydrogen) atoms. The van der Waals surface area contributed by atoms with Gasteiger partial charge in [0.2, 0.25) is 0 Å². The van der Waals surface area contributed by atoms with Gasteiger partial charge >= 0.3 is 0 Å². The lowest BCUT2D eigenvalue weighted by Crippen LogP contribution is -2.53. The van der Waals surface area contributed by atoms with E-state index in [0.717, 1.165) is 18.7 Å². The molecule has 1 aromatic carbocycles. The molecule has 2 aliphatic heterocycles. The number of hydrogen-bond donors (Lipinski definition) is 2. The number of carbonyl (C=O) groups excluding carboxylic acids is 1. The average molecular weight is 483 g/mol. The summed E-state index contributed by atoms with van der Waals surface area (Å²) in [6.45, 7) is 3.12. The Bertz CT molecular complexity index is 1300. The molecule has 1 saturated heterocycles. The van der Waals surface area contributed by atoms with Gasteiger partial charge in [0.25, 0.3) is 11.5 Å². The fourth-order valence-corrected chi connectivity index (χ4v) is 4.60. The Labute approximate surface area is 201 Å². The fraction of sp³-hybridized carbons (Fsp3) is 0.417. The third kappa shape index (κ3) is 5.16. The lowest BCUT2D eigenvalue weighted by Gasteiger charge is -2.38. The smallest absolute Gasteiger partial charge is 0.269 e. The first-order valence-electron chi connectivity index (χ1n) is 11.6. The first kappa shape index (κ1) is 23.3. The van der Waals surface area contributed by atoms with Crippen molar-refractivity contribution >= 4 is 22.8 Å². The highest BCUT2D eigenvalue weighted by atomic mass is 19.1. The van der Waals surface area contributed by atoms with E-state index in [2.05, 4.69) is 25.5 Å². The molecule has 2 unspecified atom stereocenters. The first-order valence-corrected chi connectivity index (χ1v) is 11.6. The number of piperidine rings is 1. The number of pyridine rings is 1. The molecule has 3 aromatic rings. The third-order valence-electron chi connectivity index (χ3n) is 6.47. The minimum Gasteiger partial charge on any atom is -0.480 e. The van der Waals surface area contributed by atoms with Crippen molar-refractivity contribution in [1.82, 2.24) is 24.8 Å². The van der Waals surface area contributed by atoms with E-state index in [0.29, 0.717) is 48.8 Å². The fourth-order valence-electron chi connectivity index (χ4n) is 4.60. The van der Waals surface area contributed by atoms with Crippen LogP contribution >= 0.6 is 0 Å². The molecule has 2 N–H and O–H groups in total. The maximum atomic E-state index is 13.8. The summed E-state index contributed by atoms with van der Waals surface area (Å²) in [5, 5.41) is 6.24. The van der Waals surface area contributed by atoms with Gasteiger partial charge in [-0.25, -0.2) is 14.4 Å². The molecule has 0 bridgehead atoms. The number of ether oxygens (including phenoxy) is 2. The van der Waals surface area contributed by atoms with Crippen LogP contribution in [-0.2, 0) is 22.6 Å². The molecule has 1 amide bonds. The van der Waals surface area contributed by atoms with Gasteiger partial charge in [0.05, 0.1) is 29.0 Å². The van der Waals surface area contributed by atoms with Crippen LogP contribution in [0.5, 0.6) is 5.75 Å². The van der Waals surface area contributed by atoms with E-state index in [9.17, 15) is 14.0 Å². The number of methoxy groups -OCH3 is 1. The zero-order valence-corrected chi connectivity index (χ0v) is 19.4. The summed E-state index contributed by atoms with van der Waals surface area (Å²) in [5.41, 5.74) is 1.63. The van der Waals surface area contributed by atoms with E-state index in [1.54, 1.807) is 17.7 Å². The third-order valence-corrected chi connectivity index (χ3v) is 6.47. The lowest BCUT2D eigenvalue weighted by atomic mass is 10.0. The number of hydrogen-bond acceptors (Lipinski definition) is 8. The van der Waals surface area contributed by atoms with Crippen molar-refractivity contribution in [3.05, 3.63) is 58.4 Å². The van der Waals surface area contributed by atoms with Gasteiger partial charge in [0, 0.05) is 39.3 Å². The van der Waals surface area contributed by atoms with Crippen LogP contribution < -0.4 is 20.9 Å². The summed E-state index contributed by atoms with van der Waals surface area (Å²) in [4.78, 5) is 34.8. The van der Waals surface area contributed by atoms with E-state index < -0.39 is 5.82 Å². The number of fused-ring (bicyclic) bond motifs is 2. The van der Waals surface area contributed by atoms with Gasteiger partial charge in [-0.05, 0) is 43.3 Å². The van der Waals surface area contributed by atoms with Crippen LogP contribution in [0.2, 0.25) is 0 Å². The predicted molar refractivity (Wildman–Crippen MR) is 127 cm³/mol. The van der Waals surface area contributed by atoms with Crippen molar-refractivity contribution < 1.29 is 18.7 Å². The second kappa shape index (κ2) is 10.1. The number of anilines is 1. The van der Waals surface area contributed by atoms with Gasteiger partial charge in [-0.2, -0.15) is 0 Å². The van der Waals surface area contributed by atoms with Gasteiger partial charge in [0.1, 0.15) is 5.82 Å². The van der Waals surface area contributed by atoms with Crippen LogP contribution in [0, 0.1) is 5.82 Å². The number of amides is 1. The van der Waals surface area contributed by atoms with Gasteiger partial charge in [-0.1, -0.05) is 0 Å². The summed E-state index contributed by atoms with van der Waals surface area (Å²) in [5.74, 6) is 0.403. The first-order chi connectivity index (χ1) is 17.0. The van der Waals surface area contributed by atoms with Crippen molar-refractivity contribution in [2.75, 3.05) is 38.7 Å². The molecule has 0 aliphatic carbocycles. The van der Waals surface area contributed by atoms with Gasteiger partial charge in [-0.15, -0.1) is 0 Å². The Kier molecular flexibility index (Phi) is 6.71. The van der Waals surface area contributed by atoms with Crippen LogP contribution in [0.25, 0.3) is 11.0 Å². The van der Waals surface area contributed by atoms with E-state index in [1.165, 1.54) is 18.3 Å². The highest BCUT2D eigenvalue weighted by molar-refractivity contribution is 5.94. The van der Waals surface area contributed by atoms with Crippen LogP contribution in [0.1, 0.15) is 12.1 Å². The van der Waals surface area contributed by atoms with E-state index in [-0.39, 0.29) is 30.2 Å². The highest BCUT2D eigenvalue weighted by Crippen LogP contribution is 2.25. The SMILES string of the molecule is COC1CN(CCn2c(=O)cnc3ccc(F)cc32)CCC1NCc1ccc2c(n1)NC(=O)CO2. The van der Waals surface area contributed by atoms with Crippen molar-refractivity contribution in [1.29, 1.82) is 0 Å². The number of carbonyl (C=O) groups is 1. The van der Waals surface area contributed by atoms with Crippen LogP contribution in [0.3, 0.4) is 0 Å². The maximum absolute atomic E-state index is 13.8. The van der Waals surface area contributed by atoms with Crippen LogP contribution in [-0.4, -0.2) is 70.8 Å². The van der Waals surface area contributed by atoms with Gasteiger partial charge < -0.3 is 24.7 Å². The average Bonchev–Trinajstić information content (AvgIpc) is 2.86. The van der Waals surface area contributed by atoms with Crippen molar-refractivity contribution in [2.24, 2.45) is 0 Å². The number of aromatic nitrogens is 3. The minimum absolute atomic E-state index is 0.00325. The monoisotopic (exact) mass is 482 g/mol. The largest absolute Gasteiger partial charge is 0.480 e. The predicted octanol–water partition coefficient (Wildman–Crippen LogP) is 1.14. The molecule has 11 heteroatoms. The molecule has 4 heterocycles. The second-order valence-electron chi connectivity index (χ2n) is 8.72. The molecule has 0 radical (unpaired) electrons. The summed E-state index contributed by atoms with van der Waals surface area (Å²) in [7, 11) is 1.69. The molecular formula is C24H27FN6O4. The molecule has 2 aromatic heterocycles. The van der Waals surface area contributed by atoms with E-state index >= 15 is 0 Å². The second-order valence-corrected chi connectivity index (χ2v) is 8.72. The minimum atomic E-state index is -0.395. The van der Waals surface area contributed by atoms with E-state index in [1.807, 2.05) is 12.1 Å². The Balaban J connectivity index is 1.19. The number of likely N-dealkylation sites (tertiary alicyclic amines) is 1. The highest BCUT2D eigenvalue weighted by Gasteiger charge is 2.29. The summed E-state index contributed by atoms with van der Waals surface area (Å²) in [6.07, 6.45) is 2.08. The Morgan fingerprint density at radius 3 is 3.00 bits per heavy atom. The van der Waals surface area contributed by atoms with Gasteiger partial charge in [-0.3, -0.25) is 14.5 Å². The quantitative estimate of drug-likeness (QED) is 0.516. The zero-order valence-electron chi connectivity index (χ0n) is 19.4. The topological polar surface area (TPSA) is 111 Å². The number of nitrogens with one attached hydrogen (secondary N) is 2. The Morgan fingerprint density at radius 1 is 1.26 bits per heavy atom.